The lowest BCUT2D eigenvalue weighted by Gasteiger charge is -2.12. The first-order chi connectivity index (χ1) is 9.29. The van der Waals surface area contributed by atoms with Crippen molar-refractivity contribution < 1.29 is 8.42 Å². The number of hydrogen-bond donors (Lipinski definition) is 1. The van der Waals surface area contributed by atoms with Crippen LogP contribution in [-0.2, 0) is 16.4 Å². The van der Waals surface area contributed by atoms with Crippen molar-refractivity contribution in [2.75, 3.05) is 0 Å². The molecule has 8 heteroatoms. The molecule has 108 valence electrons. The minimum Gasteiger partial charge on any atom is -0.298 e. The van der Waals surface area contributed by atoms with Gasteiger partial charge in [-0.25, -0.2) is 13.6 Å². The number of primary sulfonamides is 1. The second-order valence-corrected chi connectivity index (χ2v) is 6.61. The Morgan fingerprint density at radius 2 is 2.05 bits per heavy atom. The lowest BCUT2D eigenvalue weighted by atomic mass is 10.1. The summed E-state index contributed by atoms with van der Waals surface area (Å²) in [5.74, 6) is 0.534. The van der Waals surface area contributed by atoms with Crippen LogP contribution in [-0.4, -0.2) is 23.2 Å². The van der Waals surface area contributed by atoms with Gasteiger partial charge in [0.2, 0.25) is 0 Å². The Labute approximate surface area is 122 Å². The normalized spacial score (nSPS) is 12.1. The number of aromatic nitrogens is 3. The van der Waals surface area contributed by atoms with Gasteiger partial charge in [-0.1, -0.05) is 23.7 Å². The van der Waals surface area contributed by atoms with E-state index >= 15 is 0 Å². The fourth-order valence-electron chi connectivity index (χ4n) is 1.97. The maximum atomic E-state index is 11.5. The summed E-state index contributed by atoms with van der Waals surface area (Å²) < 4.78 is 24.5. The van der Waals surface area contributed by atoms with E-state index < -0.39 is 10.0 Å². The van der Waals surface area contributed by atoms with Crippen LogP contribution in [0.25, 0.3) is 0 Å². The molecular weight excluding hydrogens is 300 g/mol. The SMILES string of the molecule is CC(C)n1c(Cc2cccc(Cl)c2)nnc1S(N)(=O)=O. The van der Waals surface area contributed by atoms with E-state index in [1.165, 1.54) is 4.57 Å². The number of hydrogen-bond acceptors (Lipinski definition) is 4. The first-order valence-electron chi connectivity index (χ1n) is 6.00. The number of sulfonamides is 1. The molecule has 2 aromatic rings. The Hall–Kier alpha value is -1.44. The Bertz CT molecular complexity index is 725. The Balaban J connectivity index is 2.45. The minimum atomic E-state index is -3.89. The average Bonchev–Trinajstić information content (AvgIpc) is 2.72. The molecule has 0 unspecified atom stereocenters. The molecule has 0 aliphatic rings. The molecule has 2 rings (SSSR count). The lowest BCUT2D eigenvalue weighted by Crippen LogP contribution is -2.20. The van der Waals surface area contributed by atoms with Crippen LogP contribution in [0.5, 0.6) is 0 Å². The van der Waals surface area contributed by atoms with Gasteiger partial charge in [0.1, 0.15) is 5.82 Å². The van der Waals surface area contributed by atoms with Crippen molar-refractivity contribution >= 4 is 21.6 Å². The highest BCUT2D eigenvalue weighted by Gasteiger charge is 2.22. The first-order valence-corrected chi connectivity index (χ1v) is 7.92. The van der Waals surface area contributed by atoms with Crippen molar-refractivity contribution in [3.05, 3.63) is 40.7 Å². The fraction of sp³-hybridized carbons (Fsp3) is 0.333. The molecule has 6 nitrogen and oxygen atoms in total. The van der Waals surface area contributed by atoms with E-state index in [9.17, 15) is 8.42 Å². The van der Waals surface area contributed by atoms with Gasteiger partial charge in [0.05, 0.1) is 0 Å². The molecule has 0 bridgehead atoms. The maximum absolute atomic E-state index is 11.5. The summed E-state index contributed by atoms with van der Waals surface area (Å²) in [7, 11) is -3.89. The summed E-state index contributed by atoms with van der Waals surface area (Å²) in [5, 5.41) is 13.2. The molecule has 0 aliphatic carbocycles. The second kappa shape index (κ2) is 5.51. The smallest absolute Gasteiger partial charge is 0.273 e. The molecule has 2 N–H and O–H groups in total. The highest BCUT2D eigenvalue weighted by atomic mass is 35.5. The van der Waals surface area contributed by atoms with Crippen molar-refractivity contribution in [3.63, 3.8) is 0 Å². The van der Waals surface area contributed by atoms with Gasteiger partial charge in [-0.2, -0.15) is 0 Å². The molecular formula is C12H15ClN4O2S. The molecule has 0 fully saturated rings. The molecule has 0 atom stereocenters. The Morgan fingerprint density at radius 3 is 2.60 bits per heavy atom. The zero-order chi connectivity index (χ0) is 14.9. The van der Waals surface area contributed by atoms with Crippen molar-refractivity contribution in [2.24, 2.45) is 5.14 Å². The number of nitrogens with zero attached hydrogens (tertiary/aromatic N) is 3. The number of nitrogens with two attached hydrogens (primary N) is 1. The van der Waals surface area contributed by atoms with Crippen molar-refractivity contribution in [3.8, 4) is 0 Å². The van der Waals surface area contributed by atoms with E-state index in [0.29, 0.717) is 17.3 Å². The van der Waals surface area contributed by atoms with Gasteiger partial charge in [0, 0.05) is 17.5 Å². The van der Waals surface area contributed by atoms with Crippen LogP contribution in [0, 0.1) is 0 Å². The van der Waals surface area contributed by atoms with Crippen LogP contribution in [0.1, 0.15) is 31.3 Å². The highest BCUT2D eigenvalue weighted by Crippen LogP contribution is 2.19. The van der Waals surface area contributed by atoms with E-state index in [2.05, 4.69) is 10.2 Å². The predicted molar refractivity (Wildman–Crippen MR) is 76.0 cm³/mol. The van der Waals surface area contributed by atoms with E-state index in [1.54, 1.807) is 12.1 Å². The largest absolute Gasteiger partial charge is 0.298 e. The summed E-state index contributed by atoms with van der Waals surface area (Å²) in [6.45, 7) is 3.69. The summed E-state index contributed by atoms with van der Waals surface area (Å²) in [5.41, 5.74) is 0.924. The predicted octanol–water partition coefficient (Wildman–Crippen LogP) is 1.75. The van der Waals surface area contributed by atoms with Gasteiger partial charge in [0.25, 0.3) is 15.2 Å². The van der Waals surface area contributed by atoms with Crippen LogP contribution in [0.3, 0.4) is 0 Å². The van der Waals surface area contributed by atoms with Crippen LogP contribution in [0.2, 0.25) is 5.02 Å². The molecule has 0 amide bonds. The third-order valence-corrected chi connectivity index (χ3v) is 3.78. The topological polar surface area (TPSA) is 90.9 Å². The van der Waals surface area contributed by atoms with Crippen LogP contribution in [0.4, 0.5) is 0 Å². The molecule has 0 radical (unpaired) electrons. The quantitative estimate of drug-likeness (QED) is 0.930. The van der Waals surface area contributed by atoms with E-state index in [0.717, 1.165) is 5.56 Å². The number of halogens is 1. The molecule has 0 saturated carbocycles. The Kier molecular flexibility index (Phi) is 4.12. The van der Waals surface area contributed by atoms with Gasteiger partial charge in [-0.3, -0.25) is 4.57 Å². The zero-order valence-corrected chi connectivity index (χ0v) is 12.7. The van der Waals surface area contributed by atoms with Crippen LogP contribution in [0.15, 0.2) is 29.4 Å². The van der Waals surface area contributed by atoms with Gasteiger partial charge in [-0.05, 0) is 31.5 Å². The molecule has 0 saturated heterocycles. The molecule has 0 aliphatic heterocycles. The summed E-state index contributed by atoms with van der Waals surface area (Å²) in [6.07, 6.45) is 0.432. The van der Waals surface area contributed by atoms with Crippen LogP contribution < -0.4 is 5.14 Å². The molecule has 1 aromatic heterocycles. The zero-order valence-electron chi connectivity index (χ0n) is 11.1. The molecule has 0 spiro atoms. The van der Waals surface area contributed by atoms with Crippen LogP contribution >= 0.6 is 11.6 Å². The standard InChI is InChI=1S/C12H15ClN4O2S/c1-8(2)17-11(15-16-12(17)20(14,18)19)7-9-4-3-5-10(13)6-9/h3-6,8H,7H2,1-2H3,(H2,14,18,19). The second-order valence-electron chi connectivity index (χ2n) is 4.71. The van der Waals surface area contributed by atoms with Gasteiger partial charge < -0.3 is 0 Å². The third kappa shape index (κ3) is 3.17. The third-order valence-electron chi connectivity index (χ3n) is 2.76. The van der Waals surface area contributed by atoms with Gasteiger partial charge in [-0.15, -0.1) is 10.2 Å². The van der Waals surface area contributed by atoms with Gasteiger partial charge in [0.15, 0.2) is 0 Å². The van der Waals surface area contributed by atoms with E-state index in [1.807, 2.05) is 26.0 Å². The maximum Gasteiger partial charge on any atom is 0.273 e. The number of benzene rings is 1. The van der Waals surface area contributed by atoms with Crippen molar-refractivity contribution in [1.82, 2.24) is 14.8 Å². The summed E-state index contributed by atoms with van der Waals surface area (Å²) in [6, 6.07) is 7.18. The van der Waals surface area contributed by atoms with Crippen molar-refractivity contribution in [1.29, 1.82) is 0 Å². The Morgan fingerprint density at radius 1 is 1.35 bits per heavy atom. The highest BCUT2D eigenvalue weighted by molar-refractivity contribution is 7.89. The molecule has 20 heavy (non-hydrogen) atoms. The minimum absolute atomic E-state index is 0.118. The molecule has 1 aromatic carbocycles. The monoisotopic (exact) mass is 314 g/mol. The van der Waals surface area contributed by atoms with E-state index in [4.69, 9.17) is 16.7 Å². The summed E-state index contributed by atoms with van der Waals surface area (Å²) in [4.78, 5) is 0. The number of rotatable bonds is 4. The van der Waals surface area contributed by atoms with Gasteiger partial charge >= 0.3 is 0 Å². The lowest BCUT2D eigenvalue weighted by molar-refractivity contribution is 0.507. The first kappa shape index (κ1) is 15.0. The molecule has 1 heterocycles. The van der Waals surface area contributed by atoms with Crippen molar-refractivity contribution in [2.45, 2.75) is 31.5 Å². The summed E-state index contributed by atoms with van der Waals surface area (Å²) >= 11 is 5.93. The average molecular weight is 315 g/mol. The van der Waals surface area contributed by atoms with E-state index in [-0.39, 0.29) is 11.2 Å². The fourth-order valence-corrected chi connectivity index (χ4v) is 2.93.